The number of nitrogens with one attached hydrogen (secondary N) is 2. The average molecular weight is 385 g/mol. The van der Waals surface area contributed by atoms with Gasteiger partial charge in [0, 0.05) is 6.04 Å². The zero-order chi connectivity index (χ0) is 20.4. The highest BCUT2D eigenvalue weighted by atomic mass is 16.5. The first kappa shape index (κ1) is 21.0. The van der Waals surface area contributed by atoms with Gasteiger partial charge in [0.25, 0.3) is 5.91 Å². The number of hydrogen-bond donors (Lipinski definition) is 2. The highest BCUT2D eigenvalue weighted by Crippen LogP contribution is 2.17. The molecular weight excluding hydrogens is 362 g/mol. The summed E-state index contributed by atoms with van der Waals surface area (Å²) in [5, 5.41) is 14.0. The van der Waals surface area contributed by atoms with Gasteiger partial charge in [-0.3, -0.25) is 10.1 Å². The van der Waals surface area contributed by atoms with E-state index in [1.165, 1.54) is 6.08 Å². The molecule has 0 unspecified atom stereocenters. The van der Waals surface area contributed by atoms with Gasteiger partial charge < -0.3 is 14.8 Å². The Bertz CT molecular complexity index is 774. The number of urea groups is 1. The molecule has 1 aromatic rings. The predicted molar refractivity (Wildman–Crippen MR) is 101 cm³/mol. The molecule has 1 aliphatic carbocycles. The summed E-state index contributed by atoms with van der Waals surface area (Å²) >= 11 is 0. The molecule has 0 atom stereocenters. The monoisotopic (exact) mass is 385 g/mol. The second kappa shape index (κ2) is 10.7. The topological polar surface area (TPSA) is 118 Å². The van der Waals surface area contributed by atoms with E-state index in [0.29, 0.717) is 17.9 Å². The number of carbonyl (C=O) groups is 3. The van der Waals surface area contributed by atoms with Crippen LogP contribution in [0.2, 0.25) is 0 Å². The van der Waals surface area contributed by atoms with Gasteiger partial charge in [0.05, 0.1) is 6.61 Å². The molecule has 0 bridgehead atoms. The van der Waals surface area contributed by atoms with Crippen molar-refractivity contribution in [3.63, 3.8) is 0 Å². The van der Waals surface area contributed by atoms with Crippen LogP contribution in [0.15, 0.2) is 29.8 Å². The van der Waals surface area contributed by atoms with E-state index in [1.54, 1.807) is 30.3 Å². The van der Waals surface area contributed by atoms with Crippen LogP contribution in [0.3, 0.4) is 0 Å². The van der Waals surface area contributed by atoms with Gasteiger partial charge in [-0.2, -0.15) is 5.26 Å². The molecule has 0 heterocycles. The number of nitrogens with zero attached hydrogens (tertiary/aromatic N) is 1. The number of hydrogen-bond acceptors (Lipinski definition) is 6. The van der Waals surface area contributed by atoms with Crippen LogP contribution >= 0.6 is 0 Å². The van der Waals surface area contributed by atoms with E-state index in [-0.39, 0.29) is 11.6 Å². The van der Waals surface area contributed by atoms with E-state index in [2.05, 4.69) is 10.6 Å². The number of imide groups is 1. The highest BCUT2D eigenvalue weighted by Gasteiger charge is 2.19. The van der Waals surface area contributed by atoms with Crippen LogP contribution < -0.4 is 15.4 Å². The minimum Gasteiger partial charge on any atom is -0.494 e. The minimum atomic E-state index is -0.942. The van der Waals surface area contributed by atoms with Crippen LogP contribution in [0, 0.1) is 11.3 Å². The summed E-state index contributed by atoms with van der Waals surface area (Å²) in [7, 11) is 0. The summed E-state index contributed by atoms with van der Waals surface area (Å²) in [5.74, 6) is -1.03. The van der Waals surface area contributed by atoms with Crippen molar-refractivity contribution in [3.8, 4) is 11.8 Å². The van der Waals surface area contributed by atoms with Crippen LogP contribution in [0.5, 0.6) is 5.75 Å². The molecule has 2 rings (SSSR count). The number of rotatable bonds is 7. The first-order valence-electron chi connectivity index (χ1n) is 9.14. The van der Waals surface area contributed by atoms with Gasteiger partial charge in [0.15, 0.2) is 6.61 Å². The third kappa shape index (κ3) is 6.76. The van der Waals surface area contributed by atoms with Crippen LogP contribution in [-0.4, -0.2) is 37.2 Å². The van der Waals surface area contributed by atoms with E-state index in [0.717, 1.165) is 25.7 Å². The van der Waals surface area contributed by atoms with Gasteiger partial charge in [-0.05, 0) is 43.5 Å². The van der Waals surface area contributed by atoms with E-state index < -0.39 is 24.5 Å². The second-order valence-electron chi connectivity index (χ2n) is 6.25. The largest absolute Gasteiger partial charge is 0.494 e. The number of amides is 3. The summed E-state index contributed by atoms with van der Waals surface area (Å²) in [4.78, 5) is 35.4. The zero-order valence-corrected chi connectivity index (χ0v) is 15.7. The fourth-order valence-corrected chi connectivity index (χ4v) is 2.79. The van der Waals surface area contributed by atoms with Crippen LogP contribution in [0.1, 0.15) is 38.2 Å². The molecule has 0 radical (unpaired) electrons. The first-order valence-corrected chi connectivity index (χ1v) is 9.14. The van der Waals surface area contributed by atoms with Crippen molar-refractivity contribution in [1.82, 2.24) is 10.6 Å². The lowest BCUT2D eigenvalue weighted by Crippen LogP contribution is -2.45. The molecule has 8 nitrogen and oxygen atoms in total. The number of esters is 1. The van der Waals surface area contributed by atoms with Crippen molar-refractivity contribution in [3.05, 3.63) is 35.4 Å². The first-order chi connectivity index (χ1) is 13.5. The third-order valence-corrected chi connectivity index (χ3v) is 4.12. The summed E-state index contributed by atoms with van der Waals surface area (Å²) in [6.45, 7) is 1.75. The molecule has 1 saturated carbocycles. The Morgan fingerprint density at radius 1 is 1.21 bits per heavy atom. The molecule has 2 N–H and O–H groups in total. The van der Waals surface area contributed by atoms with Crippen LogP contribution in [0.4, 0.5) is 4.79 Å². The predicted octanol–water partition coefficient (Wildman–Crippen LogP) is 2.30. The van der Waals surface area contributed by atoms with Gasteiger partial charge in [0.1, 0.15) is 17.4 Å². The highest BCUT2D eigenvalue weighted by molar-refractivity contribution is 6.00. The molecule has 1 aliphatic rings. The lowest BCUT2D eigenvalue weighted by molar-refractivity contribution is -0.144. The molecule has 0 spiro atoms. The summed E-state index contributed by atoms with van der Waals surface area (Å²) in [6.07, 6.45) is 5.22. The molecule has 148 valence electrons. The second-order valence-corrected chi connectivity index (χ2v) is 6.25. The molecule has 1 aromatic carbocycles. The minimum absolute atomic E-state index is 0.0672. The Morgan fingerprint density at radius 2 is 1.89 bits per heavy atom. The van der Waals surface area contributed by atoms with Crippen molar-refractivity contribution in [2.45, 2.75) is 38.6 Å². The summed E-state index contributed by atoms with van der Waals surface area (Å²) in [6, 6.07) is 8.01. The number of benzene rings is 1. The smallest absolute Gasteiger partial charge is 0.349 e. The van der Waals surface area contributed by atoms with E-state index in [4.69, 9.17) is 14.7 Å². The Kier molecular flexibility index (Phi) is 8.03. The van der Waals surface area contributed by atoms with Gasteiger partial charge in [-0.15, -0.1) is 0 Å². The van der Waals surface area contributed by atoms with Gasteiger partial charge >= 0.3 is 12.0 Å². The van der Waals surface area contributed by atoms with Crippen molar-refractivity contribution in [2.75, 3.05) is 13.2 Å². The standard InChI is InChI=1S/C20H23N3O5/c1-2-27-17-9-7-14(8-10-17)11-15(12-21)19(25)28-13-18(24)23-20(26)22-16-5-3-4-6-16/h7-11,16H,2-6,13H2,1H3,(H2,22,23,24,26)/b15-11+. The molecule has 3 amide bonds. The van der Waals surface area contributed by atoms with Gasteiger partial charge in [-0.25, -0.2) is 9.59 Å². The number of ether oxygens (including phenoxy) is 2. The Morgan fingerprint density at radius 3 is 2.50 bits per heavy atom. The maximum Gasteiger partial charge on any atom is 0.349 e. The maximum absolute atomic E-state index is 12.0. The lowest BCUT2D eigenvalue weighted by atomic mass is 10.1. The summed E-state index contributed by atoms with van der Waals surface area (Å²) < 4.78 is 10.1. The van der Waals surface area contributed by atoms with Gasteiger partial charge in [-0.1, -0.05) is 25.0 Å². The maximum atomic E-state index is 12.0. The van der Waals surface area contributed by atoms with Crippen molar-refractivity contribution in [1.29, 1.82) is 5.26 Å². The molecule has 0 saturated heterocycles. The van der Waals surface area contributed by atoms with Crippen LogP contribution in [0.25, 0.3) is 6.08 Å². The quantitative estimate of drug-likeness (QED) is 0.422. The Hall–Kier alpha value is -3.34. The summed E-state index contributed by atoms with van der Waals surface area (Å²) in [5.41, 5.74) is 0.352. The van der Waals surface area contributed by atoms with Gasteiger partial charge in [0.2, 0.25) is 0 Å². The van der Waals surface area contributed by atoms with E-state index in [9.17, 15) is 14.4 Å². The average Bonchev–Trinajstić information content (AvgIpc) is 3.18. The Labute approximate surface area is 163 Å². The van der Waals surface area contributed by atoms with Crippen molar-refractivity contribution >= 4 is 24.0 Å². The van der Waals surface area contributed by atoms with E-state index in [1.807, 2.05) is 6.92 Å². The SMILES string of the molecule is CCOc1ccc(/C=C(\C#N)C(=O)OCC(=O)NC(=O)NC2CCCC2)cc1. The zero-order valence-electron chi connectivity index (χ0n) is 15.7. The third-order valence-electron chi connectivity index (χ3n) is 4.12. The normalized spacial score (nSPS) is 14.1. The molecule has 0 aliphatic heterocycles. The molecule has 0 aromatic heterocycles. The molecule has 1 fully saturated rings. The lowest BCUT2D eigenvalue weighted by Gasteiger charge is -2.12. The fraction of sp³-hybridized carbons (Fsp3) is 0.400. The number of carbonyl (C=O) groups excluding carboxylic acids is 3. The van der Waals surface area contributed by atoms with E-state index >= 15 is 0 Å². The Balaban J connectivity index is 1.83. The molecule has 28 heavy (non-hydrogen) atoms. The fourth-order valence-electron chi connectivity index (χ4n) is 2.79. The van der Waals surface area contributed by atoms with Crippen molar-refractivity contribution in [2.24, 2.45) is 0 Å². The number of nitriles is 1. The van der Waals surface area contributed by atoms with Crippen LogP contribution in [-0.2, 0) is 14.3 Å². The van der Waals surface area contributed by atoms with Crippen molar-refractivity contribution < 1.29 is 23.9 Å². The molecule has 8 heteroatoms. The molecular formula is C20H23N3O5.